The highest BCUT2D eigenvalue weighted by atomic mass is 16.4. The molecule has 0 amide bonds. The van der Waals surface area contributed by atoms with Gasteiger partial charge in [0.2, 0.25) is 0 Å². The van der Waals surface area contributed by atoms with Gasteiger partial charge < -0.3 is 15.3 Å². The number of carboxylic acid groups (broad SMARTS) is 1. The Hall–Kier alpha value is -2.23. The molecule has 2 atom stereocenters. The zero-order valence-electron chi connectivity index (χ0n) is 15.5. The van der Waals surface area contributed by atoms with Crippen molar-refractivity contribution in [3.8, 4) is 11.5 Å². The van der Waals surface area contributed by atoms with E-state index in [-0.39, 0.29) is 17.9 Å². The minimum Gasteiger partial charge on any atom is -0.508 e. The van der Waals surface area contributed by atoms with Gasteiger partial charge in [-0.2, -0.15) is 0 Å². The second-order valence-corrected chi connectivity index (χ2v) is 6.97. The normalized spacial score (nSPS) is 19.4. The zero-order chi connectivity index (χ0) is 19.0. The Kier molecular flexibility index (Phi) is 8.26. The van der Waals surface area contributed by atoms with Crippen LogP contribution in [-0.2, 0) is 11.2 Å². The first kappa shape index (κ1) is 20.8. The smallest absolute Gasteiger partial charge is 0.303 e. The van der Waals surface area contributed by atoms with Crippen LogP contribution >= 0.6 is 0 Å². The maximum absolute atomic E-state index is 10.2. The van der Waals surface area contributed by atoms with Gasteiger partial charge in [0.25, 0.3) is 0 Å². The average molecular weight is 346 g/mol. The fourth-order valence-electron chi connectivity index (χ4n) is 3.23. The number of hydrogen-bond donors (Lipinski definition) is 3. The molecule has 4 heteroatoms. The lowest BCUT2D eigenvalue weighted by Crippen LogP contribution is -2.15. The summed E-state index contributed by atoms with van der Waals surface area (Å²) in [5.41, 5.74) is 3.64. The minimum atomic E-state index is -0.839. The molecule has 0 saturated carbocycles. The van der Waals surface area contributed by atoms with Gasteiger partial charge in [-0.1, -0.05) is 30.7 Å². The summed E-state index contributed by atoms with van der Waals surface area (Å²) in [6.45, 7) is 10.7. The van der Waals surface area contributed by atoms with Crippen molar-refractivity contribution in [3.63, 3.8) is 0 Å². The summed E-state index contributed by atoms with van der Waals surface area (Å²) in [7, 11) is 0. The Morgan fingerprint density at radius 1 is 1.24 bits per heavy atom. The van der Waals surface area contributed by atoms with E-state index in [2.05, 4.69) is 33.4 Å². The molecule has 4 nitrogen and oxygen atoms in total. The van der Waals surface area contributed by atoms with Gasteiger partial charge in [-0.15, -0.1) is 0 Å². The number of carbonyl (C=O) groups is 1. The van der Waals surface area contributed by atoms with E-state index < -0.39 is 5.97 Å². The number of hydrogen-bond acceptors (Lipinski definition) is 3. The first-order chi connectivity index (χ1) is 11.7. The molecule has 3 N–H and O–H groups in total. The van der Waals surface area contributed by atoms with Crippen molar-refractivity contribution in [1.82, 2.24) is 0 Å². The molecule has 0 aliphatic heterocycles. The Morgan fingerprint density at radius 3 is 2.32 bits per heavy atom. The Morgan fingerprint density at radius 2 is 1.84 bits per heavy atom. The molecule has 1 aliphatic rings. The fourth-order valence-corrected chi connectivity index (χ4v) is 3.23. The maximum atomic E-state index is 10.2. The van der Waals surface area contributed by atoms with E-state index in [1.54, 1.807) is 5.57 Å². The highest BCUT2D eigenvalue weighted by Gasteiger charge is 2.19. The van der Waals surface area contributed by atoms with Crippen molar-refractivity contribution in [1.29, 1.82) is 0 Å². The number of phenolic OH excluding ortho intramolecular Hbond substituents is 2. The summed E-state index contributed by atoms with van der Waals surface area (Å²) in [4.78, 5) is 10.2. The molecule has 0 radical (unpaired) electrons. The van der Waals surface area contributed by atoms with Gasteiger partial charge in [-0.05, 0) is 69.1 Å². The van der Waals surface area contributed by atoms with Crippen LogP contribution in [0.25, 0.3) is 0 Å². The Bertz CT molecular complexity index is 611. The minimum absolute atomic E-state index is 0.00433. The predicted molar refractivity (Wildman–Crippen MR) is 101 cm³/mol. The van der Waals surface area contributed by atoms with Crippen molar-refractivity contribution in [2.75, 3.05) is 0 Å². The van der Waals surface area contributed by atoms with E-state index in [0.29, 0.717) is 18.8 Å². The molecular weight excluding hydrogens is 316 g/mol. The summed E-state index contributed by atoms with van der Waals surface area (Å²) in [6.07, 6.45) is 6.09. The van der Waals surface area contributed by atoms with Crippen LogP contribution in [0.5, 0.6) is 11.5 Å². The molecule has 0 aromatic heterocycles. The number of benzene rings is 1. The van der Waals surface area contributed by atoms with Crippen LogP contribution in [0.4, 0.5) is 0 Å². The Labute approximate surface area is 150 Å². The predicted octanol–water partition coefficient (Wildman–Crippen LogP) is 5.06. The van der Waals surface area contributed by atoms with Crippen LogP contribution < -0.4 is 0 Å². The van der Waals surface area contributed by atoms with E-state index >= 15 is 0 Å². The highest BCUT2D eigenvalue weighted by Crippen LogP contribution is 2.32. The molecule has 2 rings (SSSR count). The molecule has 25 heavy (non-hydrogen) atoms. The number of phenols is 2. The first-order valence-electron chi connectivity index (χ1n) is 8.75. The molecule has 0 spiro atoms. The van der Waals surface area contributed by atoms with Crippen LogP contribution in [0.3, 0.4) is 0 Å². The van der Waals surface area contributed by atoms with Crippen LogP contribution in [0, 0.1) is 11.8 Å². The van der Waals surface area contributed by atoms with Gasteiger partial charge in [-0.25, -0.2) is 0 Å². The number of carboxylic acids is 1. The molecule has 0 unspecified atom stereocenters. The number of aryl methyl sites for hydroxylation is 1. The van der Waals surface area contributed by atoms with Gasteiger partial charge in [0.05, 0.1) is 0 Å². The van der Waals surface area contributed by atoms with Crippen LogP contribution in [0.15, 0.2) is 42.0 Å². The molecule has 1 aromatic rings. The molecular formula is C21H30O4. The van der Waals surface area contributed by atoms with E-state index in [1.165, 1.54) is 36.6 Å². The van der Waals surface area contributed by atoms with Crippen molar-refractivity contribution >= 4 is 5.97 Å². The van der Waals surface area contributed by atoms with Crippen molar-refractivity contribution in [3.05, 3.63) is 47.6 Å². The molecule has 0 bridgehead atoms. The summed E-state index contributed by atoms with van der Waals surface area (Å²) in [5, 5.41) is 26.7. The van der Waals surface area contributed by atoms with Crippen LogP contribution in [-0.4, -0.2) is 21.3 Å². The van der Waals surface area contributed by atoms with Crippen molar-refractivity contribution in [2.45, 2.75) is 52.9 Å². The molecule has 0 fully saturated rings. The second kappa shape index (κ2) is 9.92. The molecule has 1 aromatic carbocycles. The third kappa shape index (κ3) is 7.92. The lowest BCUT2D eigenvalue weighted by molar-refractivity contribution is -0.137. The van der Waals surface area contributed by atoms with E-state index in [4.69, 9.17) is 15.3 Å². The van der Waals surface area contributed by atoms with Gasteiger partial charge >= 0.3 is 5.97 Å². The SMILES string of the molecule is C=C(C)[C@@H]1CCC(C)=C[C@H]1C.O=C(O)CCCc1cc(O)cc(O)c1. The summed E-state index contributed by atoms with van der Waals surface area (Å²) in [5.74, 6) is 0.597. The second-order valence-electron chi connectivity index (χ2n) is 6.97. The van der Waals surface area contributed by atoms with E-state index in [0.717, 1.165) is 11.5 Å². The number of allylic oxidation sites excluding steroid dienone is 3. The van der Waals surface area contributed by atoms with Crippen molar-refractivity contribution in [2.24, 2.45) is 11.8 Å². The largest absolute Gasteiger partial charge is 0.508 e. The third-order valence-corrected chi connectivity index (χ3v) is 4.48. The van der Waals surface area contributed by atoms with Crippen LogP contribution in [0.1, 0.15) is 52.0 Å². The molecule has 138 valence electrons. The highest BCUT2D eigenvalue weighted by molar-refractivity contribution is 5.66. The third-order valence-electron chi connectivity index (χ3n) is 4.48. The summed E-state index contributed by atoms with van der Waals surface area (Å²) >= 11 is 0. The van der Waals surface area contributed by atoms with Gasteiger partial charge in [0.15, 0.2) is 0 Å². The Balaban J connectivity index is 0.000000257. The summed E-state index contributed by atoms with van der Waals surface area (Å²) in [6, 6.07) is 4.27. The standard InChI is InChI=1S/C11H18.C10H12O4/c1-8(2)11-6-5-9(3)7-10(11)4;11-8-4-7(5-9(12)6-8)2-1-3-10(13)14/h7,10-11H,1,5-6H2,2-4H3;4-6,11-12H,1-3H2,(H,13,14)/t10-,11+;/m1./s1. The molecule has 1 aliphatic carbocycles. The maximum Gasteiger partial charge on any atom is 0.303 e. The number of aromatic hydroxyl groups is 2. The number of aliphatic carboxylic acids is 1. The quantitative estimate of drug-likeness (QED) is 0.651. The number of rotatable bonds is 5. The van der Waals surface area contributed by atoms with E-state index in [9.17, 15) is 4.79 Å². The van der Waals surface area contributed by atoms with Gasteiger partial charge in [0, 0.05) is 12.5 Å². The summed E-state index contributed by atoms with van der Waals surface area (Å²) < 4.78 is 0. The molecule has 0 saturated heterocycles. The first-order valence-corrected chi connectivity index (χ1v) is 8.75. The van der Waals surface area contributed by atoms with Gasteiger partial charge in [0.1, 0.15) is 11.5 Å². The van der Waals surface area contributed by atoms with Crippen molar-refractivity contribution < 1.29 is 20.1 Å². The monoisotopic (exact) mass is 346 g/mol. The van der Waals surface area contributed by atoms with Gasteiger partial charge in [-0.3, -0.25) is 4.79 Å². The lowest BCUT2D eigenvalue weighted by atomic mass is 9.79. The van der Waals surface area contributed by atoms with E-state index in [1.807, 2.05) is 0 Å². The molecule has 0 heterocycles. The zero-order valence-corrected chi connectivity index (χ0v) is 15.5. The lowest BCUT2D eigenvalue weighted by Gasteiger charge is -2.27. The fraction of sp³-hybridized carbons (Fsp3) is 0.476. The average Bonchev–Trinajstić information content (AvgIpc) is 2.45. The topological polar surface area (TPSA) is 77.8 Å². The van der Waals surface area contributed by atoms with Crippen LogP contribution in [0.2, 0.25) is 0 Å².